The van der Waals surface area contributed by atoms with Gasteiger partial charge in [-0.05, 0) is 61.6 Å². The van der Waals surface area contributed by atoms with E-state index in [4.69, 9.17) is 10.5 Å². The van der Waals surface area contributed by atoms with Crippen LogP contribution in [0.15, 0.2) is 42.5 Å². The molecular formula is C34H49FN4O2. The van der Waals surface area contributed by atoms with E-state index in [1.807, 2.05) is 0 Å². The van der Waals surface area contributed by atoms with Crippen molar-refractivity contribution in [2.45, 2.75) is 95.2 Å². The van der Waals surface area contributed by atoms with Gasteiger partial charge < -0.3 is 25.2 Å². The first kappa shape index (κ1) is 29.8. The number of carbonyl (C=O) groups excluding carboxylic acids is 1. The number of hydrogen-bond donors (Lipinski definition) is 1. The summed E-state index contributed by atoms with van der Waals surface area (Å²) < 4.78 is 19.6. The average Bonchev–Trinajstić information content (AvgIpc) is 3.22. The zero-order valence-corrected chi connectivity index (χ0v) is 25.1. The van der Waals surface area contributed by atoms with Crippen molar-refractivity contribution in [3.63, 3.8) is 0 Å². The Hall–Kier alpha value is -2.64. The van der Waals surface area contributed by atoms with Gasteiger partial charge in [0, 0.05) is 45.6 Å². The zero-order valence-electron chi connectivity index (χ0n) is 25.1. The summed E-state index contributed by atoms with van der Waals surface area (Å²) in [6.07, 6.45) is 10.8. The number of carbonyl (C=O) groups is 1. The molecule has 2 aromatic rings. The van der Waals surface area contributed by atoms with E-state index in [1.165, 1.54) is 61.2 Å². The fourth-order valence-corrected chi connectivity index (χ4v) is 7.16. The van der Waals surface area contributed by atoms with E-state index in [9.17, 15) is 9.18 Å². The highest BCUT2D eigenvalue weighted by atomic mass is 19.1. The van der Waals surface area contributed by atoms with E-state index in [2.05, 4.69) is 46.9 Å². The maximum absolute atomic E-state index is 13.6. The van der Waals surface area contributed by atoms with Crippen LogP contribution in [-0.2, 0) is 9.53 Å². The van der Waals surface area contributed by atoms with Gasteiger partial charge in [-0.2, -0.15) is 0 Å². The van der Waals surface area contributed by atoms with Crippen LogP contribution in [0.3, 0.4) is 0 Å². The summed E-state index contributed by atoms with van der Waals surface area (Å²) in [5.74, 6) is -0.136. The van der Waals surface area contributed by atoms with Gasteiger partial charge in [-0.25, -0.2) is 4.39 Å². The van der Waals surface area contributed by atoms with Gasteiger partial charge in [-0.1, -0.05) is 69.7 Å². The lowest BCUT2D eigenvalue weighted by atomic mass is 9.83. The molecule has 0 aliphatic carbocycles. The smallest absolute Gasteiger partial charge is 0.306 e. The Bertz CT molecular complexity index is 1160. The number of piperidine rings is 1. The summed E-state index contributed by atoms with van der Waals surface area (Å²) in [6, 6.07) is 13.1. The highest BCUT2D eigenvalue weighted by Gasteiger charge is 2.53. The molecule has 5 rings (SSSR count). The lowest BCUT2D eigenvalue weighted by Crippen LogP contribution is -2.64. The number of nitrogens with zero attached hydrogens (tertiary/aromatic N) is 3. The molecule has 3 heterocycles. The van der Waals surface area contributed by atoms with Gasteiger partial charge in [-0.15, -0.1) is 0 Å². The minimum Gasteiger partial charge on any atom is -0.457 e. The van der Waals surface area contributed by atoms with E-state index in [1.54, 1.807) is 12.1 Å². The number of halogens is 1. The Morgan fingerprint density at radius 2 is 1.78 bits per heavy atom. The SMILES string of the molecule is CCCCCCCCCC(=O)OC(CCCN1CC[C@@]2(N)[C@@H](C1)c1cccc3c1N2CCN3C)c1ccc(F)cc1. The number of likely N-dealkylation sites (N-methyl/N-ethyl adjacent to an activating group) is 1. The van der Waals surface area contributed by atoms with Crippen molar-refractivity contribution in [1.82, 2.24) is 4.90 Å². The Labute approximate surface area is 246 Å². The van der Waals surface area contributed by atoms with E-state index in [-0.39, 0.29) is 29.5 Å². The summed E-state index contributed by atoms with van der Waals surface area (Å²) in [4.78, 5) is 20.1. The number of unbranched alkanes of at least 4 members (excludes halogenated alkanes) is 6. The minimum atomic E-state index is -0.346. The van der Waals surface area contributed by atoms with Crippen LogP contribution in [0.25, 0.3) is 0 Å². The molecule has 3 aliphatic heterocycles. The normalized spacial score (nSPS) is 22.4. The van der Waals surface area contributed by atoms with Gasteiger partial charge in [0.05, 0.1) is 17.0 Å². The molecule has 0 bridgehead atoms. The second-order valence-corrected chi connectivity index (χ2v) is 12.4. The van der Waals surface area contributed by atoms with Crippen LogP contribution in [-0.4, -0.2) is 56.3 Å². The van der Waals surface area contributed by atoms with Crippen molar-refractivity contribution in [3.8, 4) is 0 Å². The molecule has 1 unspecified atom stereocenters. The standard InChI is InChI=1S/C34H49FN4O2/c1-3-4-5-6-7-8-9-15-32(40)41-31(26-16-18-27(35)19-17-26)14-11-21-38-22-20-34(36)29(25-38)28-12-10-13-30-33(28)39(34)24-23-37(30)2/h10,12-13,16-19,29,31H,3-9,11,14-15,20-25,36H2,1-2H3/t29-,31?,34-/m0/s1. The molecule has 1 fully saturated rings. The first-order valence-corrected chi connectivity index (χ1v) is 16.0. The topological polar surface area (TPSA) is 62.0 Å². The number of ether oxygens (including phenoxy) is 1. The van der Waals surface area contributed by atoms with E-state index in [0.717, 1.165) is 70.4 Å². The number of anilines is 2. The quantitative estimate of drug-likeness (QED) is 0.202. The molecule has 3 atom stereocenters. The first-order chi connectivity index (χ1) is 19.9. The second kappa shape index (κ2) is 13.6. The molecule has 7 heteroatoms. The van der Waals surface area contributed by atoms with Crippen LogP contribution in [0.5, 0.6) is 0 Å². The molecule has 1 saturated heterocycles. The molecule has 41 heavy (non-hydrogen) atoms. The van der Waals surface area contributed by atoms with Gasteiger partial charge >= 0.3 is 5.97 Å². The molecule has 2 N–H and O–H groups in total. The van der Waals surface area contributed by atoms with Crippen LogP contribution in [0.2, 0.25) is 0 Å². The van der Waals surface area contributed by atoms with E-state index < -0.39 is 0 Å². The molecule has 6 nitrogen and oxygen atoms in total. The van der Waals surface area contributed by atoms with Crippen LogP contribution in [0.1, 0.15) is 101 Å². The molecular weight excluding hydrogens is 515 g/mol. The molecule has 0 radical (unpaired) electrons. The summed E-state index contributed by atoms with van der Waals surface area (Å²) in [6.45, 7) is 7.01. The summed E-state index contributed by atoms with van der Waals surface area (Å²) >= 11 is 0. The van der Waals surface area contributed by atoms with Gasteiger partial charge in [0.2, 0.25) is 0 Å². The number of likely N-dealkylation sites (tertiary alicyclic amines) is 1. The first-order valence-electron chi connectivity index (χ1n) is 16.0. The third kappa shape index (κ3) is 6.72. The Balaban J connectivity index is 1.15. The predicted molar refractivity (Wildman–Crippen MR) is 165 cm³/mol. The number of nitrogens with two attached hydrogens (primary N) is 1. The molecule has 224 valence electrons. The number of rotatable bonds is 14. The third-order valence-electron chi connectivity index (χ3n) is 9.58. The average molecular weight is 565 g/mol. The molecule has 0 aromatic heterocycles. The third-order valence-corrected chi connectivity index (χ3v) is 9.58. The number of hydrogen-bond acceptors (Lipinski definition) is 6. The van der Waals surface area contributed by atoms with Gasteiger partial charge in [0.1, 0.15) is 11.9 Å². The van der Waals surface area contributed by atoms with E-state index in [0.29, 0.717) is 6.42 Å². The van der Waals surface area contributed by atoms with Crippen molar-refractivity contribution in [1.29, 1.82) is 0 Å². The van der Waals surface area contributed by atoms with Crippen molar-refractivity contribution < 1.29 is 13.9 Å². The summed E-state index contributed by atoms with van der Waals surface area (Å²) in [7, 11) is 2.17. The Morgan fingerprint density at radius 3 is 2.56 bits per heavy atom. The molecule has 0 saturated carbocycles. The number of fused-ring (bicyclic) bond motifs is 3. The minimum absolute atomic E-state index is 0.146. The molecule has 0 amide bonds. The summed E-state index contributed by atoms with van der Waals surface area (Å²) in [5, 5.41) is 0. The van der Waals surface area contributed by atoms with Crippen LogP contribution >= 0.6 is 0 Å². The number of esters is 1. The monoisotopic (exact) mass is 564 g/mol. The van der Waals surface area contributed by atoms with Crippen molar-refractivity contribution in [2.75, 3.05) is 49.6 Å². The molecule has 3 aliphatic rings. The van der Waals surface area contributed by atoms with E-state index >= 15 is 0 Å². The zero-order chi connectivity index (χ0) is 28.8. The van der Waals surface area contributed by atoms with Gasteiger partial charge in [0.15, 0.2) is 0 Å². The lowest BCUT2D eigenvalue weighted by molar-refractivity contribution is -0.150. The summed E-state index contributed by atoms with van der Waals surface area (Å²) in [5.41, 5.74) is 11.7. The fraction of sp³-hybridized carbons (Fsp3) is 0.618. The van der Waals surface area contributed by atoms with Crippen LogP contribution in [0.4, 0.5) is 15.8 Å². The Morgan fingerprint density at radius 1 is 1.02 bits per heavy atom. The highest BCUT2D eigenvalue weighted by molar-refractivity contribution is 5.81. The molecule has 0 spiro atoms. The number of para-hydroxylation sites is 1. The van der Waals surface area contributed by atoms with Crippen LogP contribution < -0.4 is 15.5 Å². The second-order valence-electron chi connectivity index (χ2n) is 12.4. The maximum Gasteiger partial charge on any atom is 0.306 e. The lowest BCUT2D eigenvalue weighted by Gasteiger charge is -2.48. The van der Waals surface area contributed by atoms with Crippen molar-refractivity contribution >= 4 is 17.3 Å². The van der Waals surface area contributed by atoms with Gasteiger partial charge in [0.25, 0.3) is 0 Å². The number of benzene rings is 2. The van der Waals surface area contributed by atoms with Crippen molar-refractivity contribution in [2.24, 2.45) is 5.73 Å². The predicted octanol–water partition coefficient (Wildman–Crippen LogP) is 6.75. The molecule has 2 aromatic carbocycles. The fourth-order valence-electron chi connectivity index (χ4n) is 7.16. The maximum atomic E-state index is 13.6. The van der Waals surface area contributed by atoms with Crippen LogP contribution in [0, 0.1) is 5.82 Å². The van der Waals surface area contributed by atoms with Crippen molar-refractivity contribution in [3.05, 3.63) is 59.4 Å². The van der Waals surface area contributed by atoms with Gasteiger partial charge in [-0.3, -0.25) is 4.79 Å². The Kier molecular flexibility index (Phi) is 9.87. The largest absolute Gasteiger partial charge is 0.457 e. The highest BCUT2D eigenvalue weighted by Crippen LogP contribution is 2.53.